The predicted molar refractivity (Wildman–Crippen MR) is 191 cm³/mol. The summed E-state index contributed by atoms with van der Waals surface area (Å²) in [4.78, 5) is 36.5. The van der Waals surface area contributed by atoms with E-state index in [9.17, 15) is 24.9 Å². The Balaban J connectivity index is 1.01. The third-order valence-corrected chi connectivity index (χ3v) is 10.8. The van der Waals surface area contributed by atoms with Gasteiger partial charge >= 0.3 is 0 Å². The van der Waals surface area contributed by atoms with Crippen LogP contribution in [0.15, 0.2) is 76.2 Å². The van der Waals surface area contributed by atoms with Crippen LogP contribution in [0.5, 0.6) is 5.75 Å². The van der Waals surface area contributed by atoms with Crippen LogP contribution in [0.2, 0.25) is 0 Å². The number of allylic oxidation sites excluding steroid dienone is 2. The Hall–Kier alpha value is -2.74. The smallest absolute Gasteiger partial charge is 0.269 e. The van der Waals surface area contributed by atoms with Crippen molar-refractivity contribution in [2.75, 3.05) is 33.9 Å². The number of rotatable bonds is 12. The van der Waals surface area contributed by atoms with Crippen LogP contribution in [0.4, 0.5) is 0 Å². The van der Waals surface area contributed by atoms with Crippen LogP contribution in [0.25, 0.3) is 0 Å². The van der Waals surface area contributed by atoms with Crippen molar-refractivity contribution in [2.45, 2.75) is 48.8 Å². The molecule has 2 amide bonds. The van der Waals surface area contributed by atoms with Crippen molar-refractivity contribution in [3.8, 4) is 5.75 Å². The Kier molecular flexibility index (Phi) is 12.0. The van der Waals surface area contributed by atoms with Gasteiger partial charge in [-0.1, -0.05) is 22.4 Å². The molecule has 0 aromatic heterocycles. The van der Waals surface area contributed by atoms with E-state index in [2.05, 4.69) is 84.7 Å². The second-order valence-electron chi connectivity index (χ2n) is 11.3. The lowest BCUT2D eigenvalue weighted by atomic mass is 9.87. The normalized spacial score (nSPS) is 26.7. The molecule has 14 nitrogen and oxygen atoms in total. The lowest BCUT2D eigenvalue weighted by Gasteiger charge is -2.33. The van der Waals surface area contributed by atoms with Crippen LogP contribution in [-0.2, 0) is 28.7 Å². The highest BCUT2D eigenvalue weighted by Crippen LogP contribution is 2.45. The third-order valence-electron chi connectivity index (χ3n) is 8.08. The van der Waals surface area contributed by atoms with Gasteiger partial charge in [0.1, 0.15) is 40.9 Å². The highest BCUT2D eigenvalue weighted by Gasteiger charge is 2.52. The molecule has 5 atom stereocenters. The average Bonchev–Trinajstić information content (AvgIpc) is 3.71. The number of carbonyl (C=O) groups excluding carboxylic acids is 2. The van der Waals surface area contributed by atoms with Gasteiger partial charge in [0.25, 0.3) is 11.8 Å². The average molecular weight is 940 g/mol. The molecule has 264 valence electrons. The van der Waals surface area contributed by atoms with Crippen molar-refractivity contribution in [3.63, 3.8) is 0 Å². The minimum absolute atomic E-state index is 0.00272. The Labute approximate surface area is 314 Å². The minimum Gasteiger partial charge on any atom is -0.495 e. The van der Waals surface area contributed by atoms with Crippen LogP contribution >= 0.6 is 63.7 Å². The Bertz CT molecular complexity index is 1680. The first-order valence-electron chi connectivity index (χ1n) is 14.8. The molecular formula is C31H32Br4N4O10. The van der Waals surface area contributed by atoms with Crippen LogP contribution in [0.3, 0.4) is 0 Å². The van der Waals surface area contributed by atoms with Gasteiger partial charge in [0.2, 0.25) is 0 Å². The largest absolute Gasteiger partial charge is 0.495 e. The zero-order chi connectivity index (χ0) is 35.5. The summed E-state index contributed by atoms with van der Waals surface area (Å²) >= 11 is 13.4. The molecule has 1 aromatic rings. The summed E-state index contributed by atoms with van der Waals surface area (Å²) in [5.41, 5.74) is -1.74. The lowest BCUT2D eigenvalue weighted by Crippen LogP contribution is -2.45. The summed E-state index contributed by atoms with van der Waals surface area (Å²) in [5.74, 6) is 0.448. The zero-order valence-corrected chi connectivity index (χ0v) is 32.4. The predicted octanol–water partition coefficient (Wildman–Crippen LogP) is 3.56. The number of halogens is 4. The maximum absolute atomic E-state index is 12.8. The molecule has 0 bridgehead atoms. The number of benzene rings is 1. The summed E-state index contributed by atoms with van der Waals surface area (Å²) in [7, 11) is 2.95. The lowest BCUT2D eigenvalue weighted by molar-refractivity contribution is -0.116. The fourth-order valence-corrected chi connectivity index (χ4v) is 8.98. The van der Waals surface area contributed by atoms with Gasteiger partial charge in [-0.05, 0) is 100.0 Å². The van der Waals surface area contributed by atoms with Crippen LogP contribution in [-0.4, -0.2) is 95.9 Å². The molecule has 1 aromatic carbocycles. The topological polar surface area (TPSA) is 190 Å². The van der Waals surface area contributed by atoms with E-state index in [-0.39, 0.29) is 30.8 Å². The van der Waals surface area contributed by atoms with E-state index in [0.717, 1.165) is 0 Å². The van der Waals surface area contributed by atoms with Crippen LogP contribution < -0.4 is 15.4 Å². The van der Waals surface area contributed by atoms with Gasteiger partial charge in [-0.15, -0.1) is 0 Å². The van der Waals surface area contributed by atoms with Gasteiger partial charge in [0, 0.05) is 25.9 Å². The van der Waals surface area contributed by atoms with Crippen LogP contribution in [0, 0.1) is 0 Å². The molecule has 5 unspecified atom stereocenters. The van der Waals surface area contributed by atoms with Crippen molar-refractivity contribution >= 4 is 87.0 Å². The molecule has 5 N–H and O–H groups in total. The van der Waals surface area contributed by atoms with Gasteiger partial charge in [-0.2, -0.15) is 0 Å². The van der Waals surface area contributed by atoms with Gasteiger partial charge in [-0.3, -0.25) is 9.59 Å². The molecule has 4 aliphatic rings. The number of aliphatic hydroxyl groups excluding tert-OH is 3. The first-order valence-corrected chi connectivity index (χ1v) is 18.0. The van der Waals surface area contributed by atoms with E-state index in [1.165, 1.54) is 14.2 Å². The third kappa shape index (κ3) is 7.79. The van der Waals surface area contributed by atoms with Crippen molar-refractivity contribution < 1.29 is 48.8 Å². The fourth-order valence-electron chi connectivity index (χ4n) is 5.40. The first kappa shape index (κ1) is 37.5. The van der Waals surface area contributed by atoms with E-state index >= 15 is 0 Å². The van der Waals surface area contributed by atoms with E-state index < -0.39 is 41.3 Å². The van der Waals surface area contributed by atoms with E-state index in [0.29, 0.717) is 60.3 Å². The van der Waals surface area contributed by atoms with E-state index in [4.69, 9.17) is 23.9 Å². The summed E-state index contributed by atoms with van der Waals surface area (Å²) < 4.78 is 18.2. The molecule has 18 heteroatoms. The summed E-state index contributed by atoms with van der Waals surface area (Å²) in [5, 5.41) is 45.4. The number of oxime groups is 2. The van der Waals surface area contributed by atoms with E-state index in [1.807, 2.05) is 0 Å². The second-order valence-corrected chi connectivity index (χ2v) is 14.7. The highest BCUT2D eigenvalue weighted by atomic mass is 79.9. The first-order chi connectivity index (χ1) is 23.3. The van der Waals surface area contributed by atoms with Crippen molar-refractivity contribution in [3.05, 3.63) is 71.4 Å². The van der Waals surface area contributed by atoms with Crippen molar-refractivity contribution in [1.82, 2.24) is 10.6 Å². The minimum atomic E-state index is -1.28. The maximum atomic E-state index is 12.8. The molecular weight excluding hydrogens is 908 g/mol. The Morgan fingerprint density at radius 2 is 1.37 bits per heavy atom. The number of amides is 2. The van der Waals surface area contributed by atoms with E-state index in [1.54, 1.807) is 36.4 Å². The number of nitrogens with zero attached hydrogens (tertiary/aromatic N) is 2. The van der Waals surface area contributed by atoms with Gasteiger partial charge in [0.05, 0.1) is 44.9 Å². The molecule has 0 fully saturated rings. The number of methoxy groups -OCH3 is 2. The Morgan fingerprint density at radius 3 is 1.86 bits per heavy atom. The standard InChI is InChI=1S/C31H32Br4N4O10/c1-45-24-17(32)10-30(26(41)22(24)34)12-19(38-48-30)28(43)36-8-3-9-47-16-6-4-15(5-7-16)21(40)14-37-29(44)20-13-31(49-39-20)11-18(33)25(46-2)23(35)27(31)42/h4-7,10-11,21,26-27,40-42H,3,8-9,12-14H2,1-2H3,(H,36,43)(H,37,44). The maximum Gasteiger partial charge on any atom is 0.269 e. The molecule has 5 rings (SSSR count). The Morgan fingerprint density at radius 1 is 0.878 bits per heavy atom. The molecule has 49 heavy (non-hydrogen) atoms. The SMILES string of the molecule is COC1=C(Br)C(O)C2(C=C1Br)CC(C(=O)NCCCOc1ccc(C(O)CNC(=O)C3=NOC4(C=C(Br)C(OC)=C(Br)C4O)C3)cc1)=NO2. The van der Waals surface area contributed by atoms with Crippen molar-refractivity contribution in [2.24, 2.45) is 10.3 Å². The van der Waals surface area contributed by atoms with Crippen LogP contribution in [0.1, 0.15) is 30.9 Å². The number of carbonyl (C=O) groups is 2. The summed E-state index contributed by atoms with van der Waals surface area (Å²) in [6.45, 7) is 0.533. The quantitative estimate of drug-likeness (QED) is 0.194. The molecule has 2 aliphatic carbocycles. The zero-order valence-electron chi connectivity index (χ0n) is 26.0. The molecule has 2 heterocycles. The molecule has 0 saturated heterocycles. The number of nitrogens with one attached hydrogen (secondary N) is 2. The number of ether oxygens (including phenoxy) is 3. The number of hydrogen-bond acceptors (Lipinski definition) is 12. The summed E-state index contributed by atoms with van der Waals surface area (Å²) in [6.07, 6.45) is 0.530. The van der Waals surface area contributed by atoms with Gasteiger partial charge in [-0.25, -0.2) is 0 Å². The molecule has 2 spiro atoms. The summed E-state index contributed by atoms with van der Waals surface area (Å²) in [6, 6.07) is 6.75. The van der Waals surface area contributed by atoms with Gasteiger partial charge < -0.3 is 49.8 Å². The molecule has 0 radical (unpaired) electrons. The second kappa shape index (κ2) is 15.7. The highest BCUT2D eigenvalue weighted by molar-refractivity contribution is 9.12. The molecule has 2 aliphatic heterocycles. The van der Waals surface area contributed by atoms with Gasteiger partial charge in [0.15, 0.2) is 11.2 Å². The molecule has 0 saturated carbocycles. The fraction of sp³-hybridized carbons (Fsp3) is 0.419. The van der Waals surface area contributed by atoms with Crippen molar-refractivity contribution in [1.29, 1.82) is 0 Å². The monoisotopic (exact) mass is 936 g/mol. The number of hydrogen-bond donors (Lipinski definition) is 5. The number of aliphatic hydroxyl groups is 3.